The van der Waals surface area contributed by atoms with E-state index < -0.39 is 0 Å². The van der Waals surface area contributed by atoms with Crippen molar-refractivity contribution in [3.05, 3.63) is 29.3 Å². The van der Waals surface area contributed by atoms with Gasteiger partial charge in [-0.1, -0.05) is 39.7 Å². The van der Waals surface area contributed by atoms with Crippen LogP contribution in [-0.2, 0) is 4.79 Å². The van der Waals surface area contributed by atoms with Crippen LogP contribution < -0.4 is 5.32 Å². The summed E-state index contributed by atoms with van der Waals surface area (Å²) >= 11 is 0. The molecule has 136 valence electrons. The predicted octanol–water partition coefficient (Wildman–Crippen LogP) is 4.63. The molecule has 1 fully saturated rings. The maximum absolute atomic E-state index is 12.2. The zero-order valence-corrected chi connectivity index (χ0v) is 15.4. The summed E-state index contributed by atoms with van der Waals surface area (Å²) in [5, 5.41) is 12.5. The molecule has 0 atom stereocenters. The molecule has 0 aliphatic heterocycles. The van der Waals surface area contributed by atoms with Crippen LogP contribution in [0.3, 0.4) is 0 Å². The standard InChI is InChI=1S/C18H25NO3.C2H6.H2/c1-3-16(21)18(8-4-5-9-18)10-11-19-17(22)14-7-6-13(2)15(20)12-14;1-2;/h6-7,12,20H,3-5,8-11H2,1-2H3,(H,19,22);1-2H3;1H. The zero-order chi connectivity index (χ0) is 18.2. The van der Waals surface area contributed by atoms with Gasteiger partial charge in [-0.25, -0.2) is 0 Å². The van der Waals surface area contributed by atoms with Crippen LogP contribution in [0, 0.1) is 12.3 Å². The van der Waals surface area contributed by atoms with E-state index in [0.29, 0.717) is 30.7 Å². The molecule has 0 radical (unpaired) electrons. The Bertz CT molecular complexity index is 566. The number of nitrogens with one attached hydrogen (secondary N) is 1. The van der Waals surface area contributed by atoms with Crippen LogP contribution in [0.1, 0.15) is 76.6 Å². The molecule has 4 nitrogen and oxygen atoms in total. The van der Waals surface area contributed by atoms with Crippen LogP contribution in [0.25, 0.3) is 0 Å². The number of carbonyl (C=O) groups excluding carboxylic acids is 2. The first-order chi connectivity index (χ1) is 11.5. The van der Waals surface area contributed by atoms with Crippen molar-refractivity contribution >= 4 is 11.7 Å². The van der Waals surface area contributed by atoms with Crippen molar-refractivity contribution in [3.63, 3.8) is 0 Å². The smallest absolute Gasteiger partial charge is 0.251 e. The molecule has 1 aliphatic carbocycles. The van der Waals surface area contributed by atoms with Gasteiger partial charge in [0.15, 0.2) is 0 Å². The van der Waals surface area contributed by atoms with E-state index in [4.69, 9.17) is 0 Å². The number of phenolic OH excluding ortho intramolecular Hbond substituents is 1. The Morgan fingerprint density at radius 3 is 2.42 bits per heavy atom. The molecule has 1 aliphatic rings. The number of aromatic hydroxyl groups is 1. The molecule has 1 amide bonds. The fourth-order valence-electron chi connectivity index (χ4n) is 3.36. The second-order valence-corrected chi connectivity index (χ2v) is 6.27. The maximum atomic E-state index is 12.2. The predicted molar refractivity (Wildman–Crippen MR) is 99.5 cm³/mol. The number of amides is 1. The van der Waals surface area contributed by atoms with E-state index in [9.17, 15) is 14.7 Å². The van der Waals surface area contributed by atoms with Gasteiger partial charge in [0.25, 0.3) is 5.91 Å². The van der Waals surface area contributed by atoms with E-state index in [1.54, 1.807) is 19.1 Å². The maximum Gasteiger partial charge on any atom is 0.251 e. The summed E-state index contributed by atoms with van der Waals surface area (Å²) in [7, 11) is 0. The Hall–Kier alpha value is -1.84. The van der Waals surface area contributed by atoms with Crippen LogP contribution in [0.2, 0.25) is 0 Å². The van der Waals surface area contributed by atoms with Crippen LogP contribution in [0.15, 0.2) is 18.2 Å². The van der Waals surface area contributed by atoms with Gasteiger partial charge in [0.1, 0.15) is 11.5 Å². The first-order valence-electron chi connectivity index (χ1n) is 9.09. The molecule has 0 bridgehead atoms. The first kappa shape index (κ1) is 20.2. The van der Waals surface area contributed by atoms with E-state index in [-0.39, 0.29) is 18.5 Å². The van der Waals surface area contributed by atoms with E-state index in [1.807, 2.05) is 20.8 Å². The van der Waals surface area contributed by atoms with Gasteiger partial charge in [0.2, 0.25) is 0 Å². The fraction of sp³-hybridized carbons (Fsp3) is 0.600. The van der Waals surface area contributed by atoms with Crippen molar-refractivity contribution in [1.82, 2.24) is 5.32 Å². The third-order valence-electron chi connectivity index (χ3n) is 4.83. The van der Waals surface area contributed by atoms with Crippen LogP contribution in [-0.4, -0.2) is 23.3 Å². The first-order valence-corrected chi connectivity index (χ1v) is 9.09. The highest BCUT2D eigenvalue weighted by atomic mass is 16.3. The summed E-state index contributed by atoms with van der Waals surface area (Å²) in [6.45, 7) is 8.20. The highest BCUT2D eigenvalue weighted by molar-refractivity contribution is 5.94. The van der Waals surface area contributed by atoms with Crippen molar-refractivity contribution < 1.29 is 16.1 Å². The van der Waals surface area contributed by atoms with Gasteiger partial charge in [-0.3, -0.25) is 9.59 Å². The molecule has 0 aromatic heterocycles. The monoisotopic (exact) mass is 335 g/mol. The number of benzene rings is 1. The number of Topliss-reactive ketones (excluding diaryl/α,β-unsaturated/α-hetero) is 1. The van der Waals surface area contributed by atoms with Gasteiger partial charge in [0, 0.05) is 25.4 Å². The lowest BCUT2D eigenvalue weighted by Gasteiger charge is -2.27. The van der Waals surface area contributed by atoms with Crippen molar-refractivity contribution in [2.24, 2.45) is 5.41 Å². The minimum absolute atomic E-state index is 0. The Balaban J connectivity index is 0.00000185. The largest absolute Gasteiger partial charge is 0.508 e. The number of carbonyl (C=O) groups is 2. The summed E-state index contributed by atoms with van der Waals surface area (Å²) in [5.41, 5.74) is 0.970. The van der Waals surface area contributed by atoms with Crippen molar-refractivity contribution in [1.29, 1.82) is 0 Å². The summed E-state index contributed by atoms with van der Waals surface area (Å²) in [4.78, 5) is 24.3. The van der Waals surface area contributed by atoms with Crippen molar-refractivity contribution in [3.8, 4) is 5.75 Å². The Labute approximate surface area is 147 Å². The molecule has 24 heavy (non-hydrogen) atoms. The summed E-state index contributed by atoms with van der Waals surface area (Å²) in [6.07, 6.45) is 5.38. The number of phenols is 1. The van der Waals surface area contributed by atoms with E-state index in [2.05, 4.69) is 5.32 Å². The van der Waals surface area contributed by atoms with Crippen LogP contribution in [0.5, 0.6) is 5.75 Å². The Morgan fingerprint density at radius 1 is 1.25 bits per heavy atom. The number of hydrogen-bond acceptors (Lipinski definition) is 3. The molecule has 0 saturated heterocycles. The molecule has 1 saturated carbocycles. The van der Waals surface area contributed by atoms with Gasteiger partial charge in [-0.15, -0.1) is 0 Å². The molecule has 0 heterocycles. The summed E-state index contributed by atoms with van der Waals surface area (Å²) in [5.74, 6) is 0.251. The van der Waals surface area contributed by atoms with Gasteiger partial charge in [-0.05, 0) is 43.9 Å². The molecule has 2 N–H and O–H groups in total. The molecule has 2 rings (SSSR count). The third kappa shape index (κ3) is 4.83. The van der Waals surface area contributed by atoms with E-state index >= 15 is 0 Å². The summed E-state index contributed by atoms with van der Waals surface area (Å²) in [6, 6.07) is 4.91. The molecular formula is C20H33NO3. The molecule has 0 unspecified atom stereocenters. The highest BCUT2D eigenvalue weighted by Crippen LogP contribution is 2.42. The fourth-order valence-corrected chi connectivity index (χ4v) is 3.36. The second-order valence-electron chi connectivity index (χ2n) is 6.27. The van der Waals surface area contributed by atoms with Crippen molar-refractivity contribution in [2.45, 2.75) is 66.2 Å². The Kier molecular flexibility index (Phi) is 7.96. The van der Waals surface area contributed by atoms with E-state index in [0.717, 1.165) is 31.2 Å². The minimum Gasteiger partial charge on any atom is -0.508 e. The average Bonchev–Trinajstić information content (AvgIpc) is 3.08. The SMILES string of the molecule is CC.CCC(=O)C1(CCNC(=O)c2ccc(C)c(O)c2)CCCC1.[HH]. The zero-order valence-electron chi connectivity index (χ0n) is 15.4. The minimum atomic E-state index is -0.225. The number of aryl methyl sites for hydroxylation is 1. The second kappa shape index (κ2) is 9.45. The lowest BCUT2D eigenvalue weighted by atomic mass is 9.77. The van der Waals surface area contributed by atoms with Crippen molar-refractivity contribution in [2.75, 3.05) is 6.54 Å². The molecule has 0 spiro atoms. The molecule has 1 aromatic carbocycles. The number of hydrogen-bond donors (Lipinski definition) is 2. The van der Waals surface area contributed by atoms with E-state index in [1.165, 1.54) is 6.07 Å². The van der Waals surface area contributed by atoms with Crippen LogP contribution in [0.4, 0.5) is 0 Å². The Morgan fingerprint density at radius 2 is 1.88 bits per heavy atom. The van der Waals surface area contributed by atoms with Crippen LogP contribution >= 0.6 is 0 Å². The molecular weight excluding hydrogens is 302 g/mol. The number of ketones is 1. The third-order valence-corrected chi connectivity index (χ3v) is 4.83. The number of rotatable bonds is 6. The lowest BCUT2D eigenvalue weighted by Crippen LogP contribution is -2.34. The van der Waals surface area contributed by atoms with Gasteiger partial charge in [-0.2, -0.15) is 0 Å². The average molecular weight is 335 g/mol. The van der Waals surface area contributed by atoms with Gasteiger partial charge in [0.05, 0.1) is 0 Å². The summed E-state index contributed by atoms with van der Waals surface area (Å²) < 4.78 is 0. The highest BCUT2D eigenvalue weighted by Gasteiger charge is 2.39. The molecule has 1 aromatic rings. The topological polar surface area (TPSA) is 66.4 Å². The quantitative estimate of drug-likeness (QED) is 0.796. The normalized spacial score (nSPS) is 15.3. The van der Waals surface area contributed by atoms with Gasteiger partial charge < -0.3 is 10.4 Å². The lowest BCUT2D eigenvalue weighted by molar-refractivity contribution is -0.128. The molecule has 4 heteroatoms. The van der Waals surface area contributed by atoms with Gasteiger partial charge >= 0.3 is 0 Å².